The SMILES string of the molecule is CC(C)OC(=O)[C@H](O)C(C)(C)COS(=O)(=O)CCCS(=O)(=O)OCC(C)(C)[C@@H](O)C(=O)OC(C)C. The lowest BCUT2D eigenvalue weighted by Crippen LogP contribution is -2.42. The van der Waals surface area contributed by atoms with Gasteiger partial charge in [-0.25, -0.2) is 9.59 Å². The number of esters is 2. The molecule has 2 atom stereocenters. The number of hydrogen-bond acceptors (Lipinski definition) is 12. The van der Waals surface area contributed by atoms with E-state index in [-0.39, 0.29) is 6.42 Å². The zero-order valence-corrected chi connectivity index (χ0v) is 23.3. The van der Waals surface area contributed by atoms with Gasteiger partial charge in [-0.2, -0.15) is 16.8 Å². The second kappa shape index (κ2) is 13.3. The number of aliphatic hydroxyl groups excluding tert-OH is 2. The Morgan fingerprint density at radius 3 is 1.23 bits per heavy atom. The molecule has 0 rings (SSSR count). The van der Waals surface area contributed by atoms with Crippen molar-refractivity contribution in [3.8, 4) is 0 Å². The summed E-state index contributed by atoms with van der Waals surface area (Å²) in [5.74, 6) is -3.16. The predicted molar refractivity (Wildman–Crippen MR) is 126 cm³/mol. The molecule has 0 aromatic rings. The quantitative estimate of drug-likeness (QED) is 0.204. The van der Waals surface area contributed by atoms with Crippen LogP contribution >= 0.6 is 0 Å². The zero-order chi connectivity index (χ0) is 27.8. The van der Waals surface area contributed by atoms with Crippen molar-refractivity contribution in [2.24, 2.45) is 10.8 Å². The largest absolute Gasteiger partial charge is 0.461 e. The van der Waals surface area contributed by atoms with E-state index in [1.54, 1.807) is 27.7 Å². The van der Waals surface area contributed by atoms with Gasteiger partial charge < -0.3 is 19.7 Å². The molecule has 0 unspecified atom stereocenters. The van der Waals surface area contributed by atoms with E-state index in [4.69, 9.17) is 17.8 Å². The smallest absolute Gasteiger partial charge is 0.335 e. The minimum atomic E-state index is -4.18. The fraction of sp³-hybridized carbons (Fsp3) is 0.905. The summed E-state index contributed by atoms with van der Waals surface area (Å²) < 4.78 is 68.2. The molecule has 0 fully saturated rings. The Morgan fingerprint density at radius 2 is 0.971 bits per heavy atom. The first kappa shape index (κ1) is 33.7. The van der Waals surface area contributed by atoms with Gasteiger partial charge in [0, 0.05) is 10.8 Å². The van der Waals surface area contributed by atoms with Gasteiger partial charge >= 0.3 is 11.9 Å². The molecule has 35 heavy (non-hydrogen) atoms. The Labute approximate surface area is 208 Å². The van der Waals surface area contributed by atoms with Crippen molar-refractivity contribution >= 4 is 32.2 Å². The lowest BCUT2D eigenvalue weighted by molar-refractivity contribution is -0.166. The van der Waals surface area contributed by atoms with Gasteiger partial charge in [0.2, 0.25) is 0 Å². The number of rotatable bonds is 16. The Kier molecular flexibility index (Phi) is 12.8. The van der Waals surface area contributed by atoms with Gasteiger partial charge in [0.05, 0.1) is 36.9 Å². The van der Waals surface area contributed by atoms with Gasteiger partial charge in [-0.05, 0) is 34.1 Å². The number of ether oxygens (including phenoxy) is 2. The molecule has 0 heterocycles. The summed E-state index contributed by atoms with van der Waals surface area (Å²) in [6.07, 6.45) is -4.56. The van der Waals surface area contributed by atoms with Gasteiger partial charge in [-0.1, -0.05) is 27.7 Å². The summed E-state index contributed by atoms with van der Waals surface area (Å²) in [5, 5.41) is 20.2. The topological polar surface area (TPSA) is 180 Å². The number of hydrogen-bond donors (Lipinski definition) is 2. The molecule has 0 aliphatic heterocycles. The van der Waals surface area contributed by atoms with Crippen LogP contribution in [0.5, 0.6) is 0 Å². The van der Waals surface area contributed by atoms with Crippen LogP contribution in [0.15, 0.2) is 0 Å². The Bertz CT molecular complexity index is 831. The summed E-state index contributed by atoms with van der Waals surface area (Å²) in [7, 11) is -8.37. The van der Waals surface area contributed by atoms with Crippen molar-refractivity contribution in [2.45, 2.75) is 86.2 Å². The molecule has 0 aliphatic carbocycles. The molecule has 0 radical (unpaired) electrons. The molecule has 12 nitrogen and oxygen atoms in total. The first-order valence-corrected chi connectivity index (χ1v) is 14.3. The highest BCUT2D eigenvalue weighted by molar-refractivity contribution is 7.87. The van der Waals surface area contributed by atoms with Gasteiger partial charge in [0.15, 0.2) is 12.2 Å². The molecule has 0 aliphatic rings. The summed E-state index contributed by atoms with van der Waals surface area (Å²) >= 11 is 0. The molecule has 0 saturated heterocycles. The number of carbonyl (C=O) groups excluding carboxylic acids is 2. The highest BCUT2D eigenvalue weighted by atomic mass is 32.2. The van der Waals surface area contributed by atoms with Crippen molar-refractivity contribution in [3.63, 3.8) is 0 Å². The molecule has 0 aromatic heterocycles. The maximum Gasteiger partial charge on any atom is 0.335 e. The van der Waals surface area contributed by atoms with Crippen molar-refractivity contribution < 1.29 is 54.5 Å². The Hall–Kier alpha value is -1.32. The average Bonchev–Trinajstić information content (AvgIpc) is 2.68. The standard InChI is InChI=1S/C21H40O12S2/c1-14(2)32-18(24)16(22)20(5,6)12-30-34(26,27)10-9-11-35(28,29)31-13-21(7,8)17(23)19(25)33-15(3)4/h14-17,22-23H,9-13H2,1-8H3/t16-,17-/m0/s1. The first-order chi connectivity index (χ1) is 15.6. The average molecular weight is 549 g/mol. The molecule has 0 bridgehead atoms. The van der Waals surface area contributed by atoms with Gasteiger partial charge in [0.25, 0.3) is 20.2 Å². The Balaban J connectivity index is 4.77. The highest BCUT2D eigenvalue weighted by Gasteiger charge is 2.38. The Morgan fingerprint density at radius 1 is 0.686 bits per heavy atom. The molecule has 0 saturated carbocycles. The normalized spacial score (nSPS) is 15.2. The summed E-state index contributed by atoms with van der Waals surface area (Å²) in [4.78, 5) is 23.7. The fourth-order valence-electron chi connectivity index (χ4n) is 2.40. The lowest BCUT2D eigenvalue weighted by Gasteiger charge is -2.29. The van der Waals surface area contributed by atoms with Crippen LogP contribution in [0.3, 0.4) is 0 Å². The van der Waals surface area contributed by atoms with E-state index in [1.165, 1.54) is 27.7 Å². The van der Waals surface area contributed by atoms with Gasteiger partial charge in [-0.3, -0.25) is 8.37 Å². The van der Waals surface area contributed by atoms with Crippen LogP contribution < -0.4 is 0 Å². The first-order valence-electron chi connectivity index (χ1n) is 11.1. The predicted octanol–water partition coefficient (Wildman–Crippen LogP) is 0.747. The molecular weight excluding hydrogens is 508 g/mol. The monoisotopic (exact) mass is 548 g/mol. The summed E-state index contributed by atoms with van der Waals surface area (Å²) in [6.45, 7) is 11.0. The van der Waals surface area contributed by atoms with Crippen LogP contribution in [0.4, 0.5) is 0 Å². The maximum absolute atomic E-state index is 12.2. The van der Waals surface area contributed by atoms with E-state index in [1.807, 2.05) is 0 Å². The van der Waals surface area contributed by atoms with Crippen LogP contribution in [0.25, 0.3) is 0 Å². The second-order valence-corrected chi connectivity index (χ2v) is 13.7. The minimum absolute atomic E-state index is 0.360. The molecule has 0 spiro atoms. The fourth-order valence-corrected chi connectivity index (χ4v) is 4.78. The van der Waals surface area contributed by atoms with Crippen LogP contribution in [-0.2, 0) is 47.7 Å². The van der Waals surface area contributed by atoms with Gasteiger partial charge in [0.1, 0.15) is 0 Å². The van der Waals surface area contributed by atoms with Gasteiger partial charge in [-0.15, -0.1) is 0 Å². The van der Waals surface area contributed by atoms with E-state index in [0.717, 1.165) is 0 Å². The van der Waals surface area contributed by atoms with E-state index < -0.39 is 92.1 Å². The number of carbonyl (C=O) groups is 2. The van der Waals surface area contributed by atoms with E-state index in [0.29, 0.717) is 0 Å². The van der Waals surface area contributed by atoms with Crippen LogP contribution in [0.1, 0.15) is 61.8 Å². The van der Waals surface area contributed by atoms with E-state index in [2.05, 4.69) is 0 Å². The van der Waals surface area contributed by atoms with Crippen LogP contribution in [-0.4, -0.2) is 88.1 Å². The maximum atomic E-state index is 12.2. The van der Waals surface area contributed by atoms with Crippen molar-refractivity contribution in [1.29, 1.82) is 0 Å². The third-order valence-corrected chi connectivity index (χ3v) is 7.17. The molecule has 0 aromatic carbocycles. The summed E-state index contributed by atoms with van der Waals surface area (Å²) in [5.41, 5.74) is -2.59. The van der Waals surface area contributed by atoms with Crippen molar-refractivity contribution in [1.82, 2.24) is 0 Å². The van der Waals surface area contributed by atoms with Crippen molar-refractivity contribution in [3.05, 3.63) is 0 Å². The second-order valence-electron chi connectivity index (χ2n) is 10.2. The zero-order valence-electron chi connectivity index (χ0n) is 21.6. The lowest BCUT2D eigenvalue weighted by atomic mass is 9.87. The molecule has 14 heteroatoms. The molecule has 0 amide bonds. The van der Waals surface area contributed by atoms with Crippen LogP contribution in [0, 0.1) is 10.8 Å². The van der Waals surface area contributed by atoms with Crippen LogP contribution in [0.2, 0.25) is 0 Å². The third kappa shape index (κ3) is 13.0. The van der Waals surface area contributed by atoms with E-state index in [9.17, 15) is 36.6 Å². The highest BCUT2D eigenvalue weighted by Crippen LogP contribution is 2.25. The molecular formula is C21H40O12S2. The third-order valence-electron chi connectivity index (χ3n) is 4.64. The molecule has 208 valence electrons. The van der Waals surface area contributed by atoms with Crippen molar-refractivity contribution in [2.75, 3.05) is 24.7 Å². The minimum Gasteiger partial charge on any atom is -0.461 e. The summed E-state index contributed by atoms with van der Waals surface area (Å²) in [6, 6.07) is 0. The molecule has 2 N–H and O–H groups in total. The number of aliphatic hydroxyl groups is 2. The van der Waals surface area contributed by atoms with E-state index >= 15 is 0 Å².